The van der Waals surface area contributed by atoms with Gasteiger partial charge in [0, 0.05) is 25.8 Å². The van der Waals surface area contributed by atoms with Crippen molar-refractivity contribution in [3.05, 3.63) is 60.8 Å². The number of carbonyl (C=O) groups is 3. The lowest BCUT2D eigenvalue weighted by Gasteiger charge is -2.19. The van der Waals surface area contributed by atoms with E-state index in [9.17, 15) is 23.8 Å². The number of hydrogen-bond acceptors (Lipinski definition) is 9. The molecule has 0 radical (unpaired) electrons. The predicted octanol–water partition coefficient (Wildman–Crippen LogP) is 9.34. The Morgan fingerprint density at radius 3 is 2.00 bits per heavy atom. The average Bonchev–Trinajstić information content (AvgIpc) is 3.09. The van der Waals surface area contributed by atoms with E-state index in [1.807, 2.05) is 24.3 Å². The molecule has 0 fully saturated rings. The molecular formula is C39H66NO9P. The van der Waals surface area contributed by atoms with Crippen LogP contribution in [0.25, 0.3) is 0 Å². The van der Waals surface area contributed by atoms with Crippen LogP contribution in [0.5, 0.6) is 0 Å². The van der Waals surface area contributed by atoms with Crippen LogP contribution >= 0.6 is 7.82 Å². The number of hydrogen-bond donors (Lipinski definition) is 2. The van der Waals surface area contributed by atoms with Gasteiger partial charge in [0.05, 0.1) is 13.2 Å². The zero-order valence-electron chi connectivity index (χ0n) is 30.9. The molecule has 0 aromatic carbocycles. The number of rotatable bonds is 34. The maximum Gasteiger partial charge on any atom is 0.472 e. The Morgan fingerprint density at radius 2 is 1.26 bits per heavy atom. The number of esters is 2. The van der Waals surface area contributed by atoms with Crippen molar-refractivity contribution in [2.45, 2.75) is 142 Å². The molecule has 0 bridgehead atoms. The van der Waals surface area contributed by atoms with E-state index in [-0.39, 0.29) is 38.4 Å². The number of ether oxygens (including phenoxy) is 2. The third-order valence-corrected chi connectivity index (χ3v) is 8.34. The van der Waals surface area contributed by atoms with E-state index in [2.05, 4.69) is 38.2 Å². The number of ketones is 1. The van der Waals surface area contributed by atoms with Gasteiger partial charge in [0.2, 0.25) is 0 Å². The van der Waals surface area contributed by atoms with Crippen molar-refractivity contribution in [3.63, 3.8) is 0 Å². The third kappa shape index (κ3) is 33.9. The van der Waals surface area contributed by atoms with Crippen molar-refractivity contribution in [2.75, 3.05) is 26.4 Å². The molecule has 0 aliphatic carbocycles. The molecule has 3 N–H and O–H groups in total. The predicted molar refractivity (Wildman–Crippen MR) is 201 cm³/mol. The minimum absolute atomic E-state index is 0.0331. The quantitative estimate of drug-likeness (QED) is 0.0164. The average molecular weight is 724 g/mol. The summed E-state index contributed by atoms with van der Waals surface area (Å²) in [6, 6.07) is 0. The number of phosphoric ester groups is 1. The van der Waals surface area contributed by atoms with Crippen molar-refractivity contribution in [1.29, 1.82) is 0 Å². The van der Waals surface area contributed by atoms with Gasteiger partial charge in [-0.2, -0.15) is 0 Å². The minimum Gasteiger partial charge on any atom is -0.462 e. The lowest BCUT2D eigenvalue weighted by molar-refractivity contribution is -0.161. The van der Waals surface area contributed by atoms with E-state index in [4.69, 9.17) is 24.3 Å². The highest BCUT2D eigenvalue weighted by Crippen LogP contribution is 2.43. The zero-order valence-corrected chi connectivity index (χ0v) is 31.7. The molecule has 1 unspecified atom stereocenters. The van der Waals surface area contributed by atoms with Crippen LogP contribution in [0.15, 0.2) is 60.8 Å². The minimum atomic E-state index is -4.40. The van der Waals surface area contributed by atoms with Crippen LogP contribution in [0.2, 0.25) is 0 Å². The van der Waals surface area contributed by atoms with Gasteiger partial charge in [-0.25, -0.2) is 4.57 Å². The molecule has 2 atom stereocenters. The van der Waals surface area contributed by atoms with Crippen molar-refractivity contribution in [3.8, 4) is 0 Å². The monoisotopic (exact) mass is 723 g/mol. The van der Waals surface area contributed by atoms with E-state index in [0.29, 0.717) is 25.7 Å². The number of carbonyl (C=O) groups excluding carboxylic acids is 3. The number of unbranched alkanes of at least 4 members (excludes halogenated alkanes) is 10. The molecule has 0 rings (SSSR count). The summed E-state index contributed by atoms with van der Waals surface area (Å²) in [7, 11) is -4.40. The Morgan fingerprint density at radius 1 is 0.660 bits per heavy atom. The maximum atomic E-state index is 12.5. The van der Waals surface area contributed by atoms with E-state index < -0.39 is 32.5 Å². The highest BCUT2D eigenvalue weighted by Gasteiger charge is 2.25. The van der Waals surface area contributed by atoms with Crippen LogP contribution in [0.3, 0.4) is 0 Å². The number of nitrogens with two attached hydrogens (primary N) is 1. The zero-order chi connectivity index (χ0) is 37.0. The van der Waals surface area contributed by atoms with Gasteiger partial charge in [0.1, 0.15) is 6.61 Å². The standard InChI is InChI=1S/C39H66NO9P/c1-3-5-7-8-9-10-12-17-20-23-27-31-39(43)49-37(35-48-50(44,45)47-33-32-40)34-46-38(42)30-26-22-19-16-14-11-13-15-18-21-25-29-36(41)28-24-6-4-2/h8-9,11,13,16,18-19,21,25,29,37H,3-7,10,12,14-15,17,20,22-24,26-28,30-35,40H2,1-2H3,(H,44,45)/b9-8-,13-11-,19-16-,21-18-,29-25+/t37-/m1/s1. The van der Waals surface area contributed by atoms with Crippen molar-refractivity contribution < 1.29 is 42.4 Å². The first-order valence-corrected chi connectivity index (χ1v) is 20.2. The van der Waals surface area contributed by atoms with E-state index >= 15 is 0 Å². The van der Waals surface area contributed by atoms with E-state index in [0.717, 1.165) is 70.6 Å². The van der Waals surface area contributed by atoms with E-state index in [1.165, 1.54) is 12.8 Å². The third-order valence-electron chi connectivity index (χ3n) is 7.35. The fourth-order valence-electron chi connectivity index (χ4n) is 4.50. The molecule has 0 spiro atoms. The van der Waals surface area contributed by atoms with Crippen LogP contribution in [-0.4, -0.2) is 55.1 Å². The highest BCUT2D eigenvalue weighted by atomic mass is 31.2. The van der Waals surface area contributed by atoms with Gasteiger partial charge in [-0.15, -0.1) is 0 Å². The SMILES string of the molecule is CCCC/C=C\CCCCCCCC(=O)O[C@H](COC(=O)CCC/C=C\C/C=C\C/C=C\C=C\C(=O)CCCCC)COP(=O)(O)OCCN. The summed E-state index contributed by atoms with van der Waals surface area (Å²) in [6.07, 6.45) is 35.3. The Hall–Kier alpha value is -2.62. The van der Waals surface area contributed by atoms with Gasteiger partial charge in [-0.05, 0) is 63.9 Å². The van der Waals surface area contributed by atoms with Crippen LogP contribution in [0.4, 0.5) is 0 Å². The topological polar surface area (TPSA) is 151 Å². The second kappa shape index (κ2) is 34.8. The molecule has 0 saturated carbocycles. The smallest absolute Gasteiger partial charge is 0.462 e. The maximum absolute atomic E-state index is 12.5. The number of allylic oxidation sites excluding steroid dienone is 10. The lowest BCUT2D eigenvalue weighted by atomic mass is 10.1. The Labute approximate surface area is 302 Å². The Kier molecular flexibility index (Phi) is 33.0. The van der Waals surface area contributed by atoms with Gasteiger partial charge >= 0.3 is 19.8 Å². The van der Waals surface area contributed by atoms with Crippen LogP contribution < -0.4 is 5.73 Å². The summed E-state index contributed by atoms with van der Waals surface area (Å²) in [6.45, 7) is 3.40. The summed E-state index contributed by atoms with van der Waals surface area (Å²) in [5.74, 6) is -0.781. The molecule has 50 heavy (non-hydrogen) atoms. The Bertz CT molecular complexity index is 1070. The summed E-state index contributed by atoms with van der Waals surface area (Å²) in [5.41, 5.74) is 5.32. The second-order valence-electron chi connectivity index (χ2n) is 12.1. The van der Waals surface area contributed by atoms with Crippen LogP contribution in [-0.2, 0) is 37.5 Å². The van der Waals surface area contributed by atoms with Gasteiger partial charge < -0.3 is 20.1 Å². The van der Waals surface area contributed by atoms with Gasteiger partial charge in [-0.3, -0.25) is 23.4 Å². The highest BCUT2D eigenvalue weighted by molar-refractivity contribution is 7.47. The first kappa shape index (κ1) is 47.4. The normalized spacial score (nSPS) is 14.0. The van der Waals surface area contributed by atoms with Gasteiger partial charge in [-0.1, -0.05) is 113 Å². The summed E-state index contributed by atoms with van der Waals surface area (Å²) in [5, 5.41) is 0. The van der Waals surface area contributed by atoms with Crippen molar-refractivity contribution in [1.82, 2.24) is 0 Å². The Balaban J connectivity index is 4.39. The van der Waals surface area contributed by atoms with Crippen LogP contribution in [0.1, 0.15) is 136 Å². The van der Waals surface area contributed by atoms with Crippen molar-refractivity contribution in [2.24, 2.45) is 5.73 Å². The molecule has 0 saturated heterocycles. The molecule has 0 amide bonds. The molecule has 0 aromatic heterocycles. The largest absolute Gasteiger partial charge is 0.472 e. The molecule has 10 nitrogen and oxygen atoms in total. The molecule has 0 aromatic rings. The van der Waals surface area contributed by atoms with E-state index in [1.54, 1.807) is 12.2 Å². The number of phosphoric acid groups is 1. The van der Waals surface area contributed by atoms with Gasteiger partial charge in [0.25, 0.3) is 0 Å². The van der Waals surface area contributed by atoms with Crippen LogP contribution in [0, 0.1) is 0 Å². The molecule has 0 aliphatic rings. The molecule has 286 valence electrons. The molecular weight excluding hydrogens is 657 g/mol. The van der Waals surface area contributed by atoms with Gasteiger partial charge in [0.15, 0.2) is 11.9 Å². The molecule has 11 heteroatoms. The summed E-state index contributed by atoms with van der Waals surface area (Å²) >= 11 is 0. The molecule has 0 aliphatic heterocycles. The fourth-order valence-corrected chi connectivity index (χ4v) is 5.27. The lowest BCUT2D eigenvalue weighted by Crippen LogP contribution is -2.29. The first-order chi connectivity index (χ1) is 24.2. The second-order valence-corrected chi connectivity index (χ2v) is 13.6. The fraction of sp³-hybridized carbons (Fsp3) is 0.667. The first-order valence-electron chi connectivity index (χ1n) is 18.7. The molecule has 0 heterocycles. The summed E-state index contributed by atoms with van der Waals surface area (Å²) in [4.78, 5) is 46.3. The van der Waals surface area contributed by atoms with Crippen molar-refractivity contribution >= 4 is 25.5 Å². The summed E-state index contributed by atoms with van der Waals surface area (Å²) < 4.78 is 32.5.